The molecule has 0 heterocycles. The van der Waals surface area contributed by atoms with Gasteiger partial charge in [0.05, 0.1) is 13.2 Å². The Balaban J connectivity index is 2.31. The Morgan fingerprint density at radius 1 is 0.508 bits per heavy atom. The van der Waals surface area contributed by atoms with Crippen LogP contribution in [0.5, 0.6) is 0 Å². The summed E-state index contributed by atoms with van der Waals surface area (Å²) in [6.45, 7) is 4.21. The number of phosphoric ester groups is 1. The molecule has 0 aliphatic heterocycles. The van der Waals surface area contributed by atoms with E-state index in [1.54, 1.807) is 0 Å². The first kappa shape index (κ1) is 59.8. The highest BCUT2D eigenvalue weighted by Gasteiger charge is 2.51. The number of allylic oxidation sites excluding steroid dienone is 4. The second-order valence-corrected chi connectivity index (χ2v) is 19.4. The Bertz CT molecular complexity index is 1140. The van der Waals surface area contributed by atoms with Gasteiger partial charge >= 0.3 is 13.8 Å². The Labute approximate surface area is 383 Å². The van der Waals surface area contributed by atoms with Crippen molar-refractivity contribution in [2.75, 3.05) is 19.8 Å². The highest BCUT2D eigenvalue weighted by Crippen LogP contribution is 2.47. The van der Waals surface area contributed by atoms with Crippen LogP contribution < -0.4 is 0 Å². The molecule has 1 saturated carbocycles. The van der Waals surface area contributed by atoms with E-state index in [9.17, 15) is 39.8 Å². The molecule has 1 rings (SSSR count). The highest BCUT2D eigenvalue weighted by atomic mass is 31.2. The monoisotopic (exact) mass is 919 g/mol. The summed E-state index contributed by atoms with van der Waals surface area (Å²) in [5, 5.41) is 50.3. The minimum Gasteiger partial charge on any atom is -0.457 e. The van der Waals surface area contributed by atoms with Gasteiger partial charge in [-0.15, -0.1) is 0 Å². The lowest BCUT2D eigenvalue weighted by atomic mass is 9.85. The first-order chi connectivity index (χ1) is 30.5. The number of carbonyl (C=O) groups is 1. The molecule has 0 bridgehead atoms. The SMILES string of the molecule is CCC/C=C\C/C=C\CCCCCCCCOCC(COP(=O)(O)OC1C(O)C(O)C(O)C(O)C1O)OC(=O)CCCCCCCCCCCCCCCCCCCCCCCC. The quantitative estimate of drug-likeness (QED) is 0.0147. The van der Waals surface area contributed by atoms with Gasteiger partial charge in [-0.1, -0.05) is 205 Å². The number of hydrogen-bond acceptors (Lipinski definition) is 11. The Kier molecular flexibility index (Phi) is 39.0. The van der Waals surface area contributed by atoms with Crippen LogP contribution in [0.2, 0.25) is 0 Å². The van der Waals surface area contributed by atoms with Crippen molar-refractivity contribution in [3.63, 3.8) is 0 Å². The van der Waals surface area contributed by atoms with Crippen LogP contribution in [0.4, 0.5) is 0 Å². The normalized spacial score (nSPS) is 22.0. The lowest BCUT2D eigenvalue weighted by molar-refractivity contribution is -0.220. The Morgan fingerprint density at radius 2 is 0.921 bits per heavy atom. The molecular formula is C50H95O12P. The van der Waals surface area contributed by atoms with Crippen molar-refractivity contribution in [1.82, 2.24) is 0 Å². The van der Waals surface area contributed by atoms with E-state index in [0.717, 1.165) is 64.2 Å². The van der Waals surface area contributed by atoms with Crippen LogP contribution in [0.15, 0.2) is 24.3 Å². The summed E-state index contributed by atoms with van der Waals surface area (Å²) in [6, 6.07) is 0. The molecule has 1 aliphatic rings. The van der Waals surface area contributed by atoms with E-state index < -0.39 is 63.1 Å². The van der Waals surface area contributed by atoms with Gasteiger partial charge in [-0.3, -0.25) is 13.8 Å². The fraction of sp³-hybridized carbons (Fsp3) is 0.900. The van der Waals surface area contributed by atoms with Crippen LogP contribution in [-0.2, 0) is 27.9 Å². The molecule has 6 atom stereocenters. The third-order valence-corrected chi connectivity index (χ3v) is 13.0. The number of esters is 1. The number of hydrogen-bond donors (Lipinski definition) is 6. The van der Waals surface area contributed by atoms with E-state index in [-0.39, 0.29) is 13.0 Å². The average Bonchev–Trinajstić information content (AvgIpc) is 3.27. The first-order valence-corrected chi connectivity index (χ1v) is 27.2. The van der Waals surface area contributed by atoms with Gasteiger partial charge < -0.3 is 39.9 Å². The third kappa shape index (κ3) is 33.0. The van der Waals surface area contributed by atoms with E-state index >= 15 is 0 Å². The zero-order valence-corrected chi connectivity index (χ0v) is 40.8. The molecule has 0 spiro atoms. The van der Waals surface area contributed by atoms with Crippen LogP contribution in [0.25, 0.3) is 0 Å². The standard InChI is InChI=1S/C50H95O12P/c1-3-5-7-9-11-13-15-17-19-20-21-22-23-24-25-26-27-29-31-33-35-37-39-44(51)61-43(41-59-40-38-36-34-32-30-28-18-16-14-12-10-8-6-4-2)42-60-63(57,58)62-50-48(55)46(53)45(52)47(54)49(50)56/h8,10,14,16,43,45-50,52-56H,3-7,9,11-13,15,17-42H2,1-2H3,(H,57,58)/b10-8-,16-14-. The first-order valence-electron chi connectivity index (χ1n) is 25.7. The molecule has 6 N–H and O–H groups in total. The molecule has 63 heavy (non-hydrogen) atoms. The van der Waals surface area contributed by atoms with Gasteiger partial charge in [0.2, 0.25) is 0 Å². The molecule has 13 heteroatoms. The van der Waals surface area contributed by atoms with E-state index in [2.05, 4.69) is 38.2 Å². The molecule has 12 nitrogen and oxygen atoms in total. The predicted molar refractivity (Wildman–Crippen MR) is 253 cm³/mol. The summed E-state index contributed by atoms with van der Waals surface area (Å²) < 4.78 is 34.3. The molecule has 6 unspecified atom stereocenters. The van der Waals surface area contributed by atoms with Crippen molar-refractivity contribution >= 4 is 13.8 Å². The number of phosphoric acid groups is 1. The smallest absolute Gasteiger partial charge is 0.457 e. The molecule has 0 aromatic rings. The molecule has 372 valence electrons. The van der Waals surface area contributed by atoms with Gasteiger partial charge in [0.25, 0.3) is 0 Å². The highest BCUT2D eigenvalue weighted by molar-refractivity contribution is 7.47. The summed E-state index contributed by atoms with van der Waals surface area (Å²) in [7, 11) is -5.02. The van der Waals surface area contributed by atoms with Crippen molar-refractivity contribution in [2.24, 2.45) is 0 Å². The number of aliphatic hydroxyl groups excluding tert-OH is 5. The summed E-state index contributed by atoms with van der Waals surface area (Å²) in [5.74, 6) is -0.477. The third-order valence-electron chi connectivity index (χ3n) is 12.1. The molecule has 1 aliphatic carbocycles. The fourth-order valence-corrected chi connectivity index (χ4v) is 8.96. The van der Waals surface area contributed by atoms with E-state index in [1.165, 1.54) is 135 Å². The Morgan fingerprint density at radius 3 is 1.40 bits per heavy atom. The largest absolute Gasteiger partial charge is 0.472 e. The van der Waals surface area contributed by atoms with Crippen molar-refractivity contribution in [3.05, 3.63) is 24.3 Å². The maximum absolute atomic E-state index is 12.8. The molecule has 0 amide bonds. The van der Waals surface area contributed by atoms with Gasteiger partial charge in [-0.25, -0.2) is 4.57 Å². The number of aliphatic hydroxyl groups is 5. The van der Waals surface area contributed by atoms with Crippen LogP contribution in [-0.4, -0.2) is 98.9 Å². The van der Waals surface area contributed by atoms with E-state index in [0.29, 0.717) is 13.0 Å². The zero-order valence-electron chi connectivity index (χ0n) is 39.9. The van der Waals surface area contributed by atoms with Gasteiger partial charge in [-0.05, 0) is 38.5 Å². The fourth-order valence-electron chi connectivity index (χ4n) is 7.98. The van der Waals surface area contributed by atoms with Crippen molar-refractivity contribution in [1.29, 1.82) is 0 Å². The number of unbranched alkanes of at least 4 members (excludes halogenated alkanes) is 28. The van der Waals surface area contributed by atoms with Crippen molar-refractivity contribution in [2.45, 2.75) is 268 Å². The molecule has 1 fully saturated rings. The van der Waals surface area contributed by atoms with Gasteiger partial charge in [0.15, 0.2) is 0 Å². The Hall–Kier alpha value is -1.18. The maximum Gasteiger partial charge on any atom is 0.472 e. The topological polar surface area (TPSA) is 192 Å². The second-order valence-electron chi connectivity index (χ2n) is 18.0. The molecule has 0 aromatic carbocycles. The molecular weight excluding hydrogens is 824 g/mol. The lowest BCUT2D eigenvalue weighted by Crippen LogP contribution is -2.64. The summed E-state index contributed by atoms with van der Waals surface area (Å²) >= 11 is 0. The van der Waals surface area contributed by atoms with E-state index in [4.69, 9.17) is 18.5 Å². The second kappa shape index (κ2) is 41.0. The van der Waals surface area contributed by atoms with Crippen LogP contribution in [0.3, 0.4) is 0 Å². The van der Waals surface area contributed by atoms with Gasteiger partial charge in [0.1, 0.15) is 42.7 Å². The molecule has 0 radical (unpaired) electrons. The van der Waals surface area contributed by atoms with Crippen molar-refractivity contribution in [3.8, 4) is 0 Å². The van der Waals surface area contributed by atoms with Crippen LogP contribution in [0.1, 0.15) is 226 Å². The minimum atomic E-state index is -5.02. The number of rotatable bonds is 44. The minimum absolute atomic E-state index is 0.0800. The summed E-state index contributed by atoms with van der Waals surface area (Å²) in [5.41, 5.74) is 0. The van der Waals surface area contributed by atoms with Gasteiger partial charge in [0, 0.05) is 13.0 Å². The lowest BCUT2D eigenvalue weighted by Gasteiger charge is -2.41. The van der Waals surface area contributed by atoms with Crippen LogP contribution >= 0.6 is 7.82 Å². The van der Waals surface area contributed by atoms with Crippen molar-refractivity contribution < 1.29 is 58.3 Å². The predicted octanol–water partition coefficient (Wildman–Crippen LogP) is 11.3. The average molecular weight is 919 g/mol. The van der Waals surface area contributed by atoms with E-state index in [1.807, 2.05) is 0 Å². The number of ether oxygens (including phenoxy) is 2. The molecule has 0 aromatic heterocycles. The summed E-state index contributed by atoms with van der Waals surface area (Å²) in [6.07, 6.45) is 35.4. The molecule has 0 saturated heterocycles. The number of carbonyl (C=O) groups excluding carboxylic acids is 1. The summed E-state index contributed by atoms with van der Waals surface area (Å²) in [4.78, 5) is 23.2. The van der Waals surface area contributed by atoms with Gasteiger partial charge in [-0.2, -0.15) is 0 Å². The maximum atomic E-state index is 12.8. The zero-order chi connectivity index (χ0) is 46.2. The van der Waals surface area contributed by atoms with Crippen LogP contribution in [0, 0.1) is 0 Å².